The fourth-order valence-corrected chi connectivity index (χ4v) is 4.22. The molecule has 0 unspecified atom stereocenters. The zero-order valence-electron chi connectivity index (χ0n) is 12.6. The van der Waals surface area contributed by atoms with Crippen LogP contribution >= 0.6 is 11.3 Å². The van der Waals surface area contributed by atoms with Gasteiger partial charge in [-0.05, 0) is 43.2 Å². The number of anilines is 1. The molecule has 0 atom stereocenters. The number of ketones is 1. The number of aromatic nitrogens is 1. The highest BCUT2D eigenvalue weighted by molar-refractivity contribution is 7.16. The number of carbonyl (C=O) groups excluding carboxylic acids is 2. The molecular formula is C18H16N2O2S. The van der Waals surface area contributed by atoms with E-state index in [1.54, 1.807) is 0 Å². The SMILES string of the molecule is O=C(Nc1nc2c(s1)CCCC2)C(=O)C1=CCc2ccccc21. The second-order valence-corrected chi connectivity index (χ2v) is 6.94. The summed E-state index contributed by atoms with van der Waals surface area (Å²) in [6.45, 7) is 0. The zero-order chi connectivity index (χ0) is 15.8. The van der Waals surface area contributed by atoms with E-state index in [9.17, 15) is 9.59 Å². The molecule has 23 heavy (non-hydrogen) atoms. The molecule has 1 heterocycles. The van der Waals surface area contributed by atoms with Crippen LogP contribution in [-0.4, -0.2) is 16.7 Å². The zero-order valence-corrected chi connectivity index (χ0v) is 13.4. The van der Waals surface area contributed by atoms with Crippen LogP contribution in [-0.2, 0) is 28.9 Å². The third kappa shape index (κ3) is 2.61. The number of aryl methyl sites for hydroxylation is 2. The van der Waals surface area contributed by atoms with Gasteiger partial charge in [0.1, 0.15) is 0 Å². The third-order valence-electron chi connectivity index (χ3n) is 4.35. The fourth-order valence-electron chi connectivity index (χ4n) is 3.18. The van der Waals surface area contributed by atoms with E-state index in [0.717, 1.165) is 36.1 Å². The Hall–Kier alpha value is -2.27. The molecule has 0 saturated heterocycles. The van der Waals surface area contributed by atoms with Gasteiger partial charge in [-0.2, -0.15) is 0 Å². The minimum absolute atomic E-state index is 0.483. The molecule has 116 valence electrons. The van der Waals surface area contributed by atoms with Gasteiger partial charge in [-0.1, -0.05) is 30.3 Å². The van der Waals surface area contributed by atoms with Gasteiger partial charge in [0, 0.05) is 10.5 Å². The van der Waals surface area contributed by atoms with Crippen molar-refractivity contribution < 1.29 is 9.59 Å². The number of carbonyl (C=O) groups is 2. The average molecular weight is 324 g/mol. The molecule has 4 rings (SSSR count). The first-order valence-corrected chi connectivity index (χ1v) is 8.67. The van der Waals surface area contributed by atoms with Gasteiger partial charge >= 0.3 is 0 Å². The number of allylic oxidation sites excluding steroid dienone is 1. The summed E-state index contributed by atoms with van der Waals surface area (Å²) < 4.78 is 0. The monoisotopic (exact) mass is 324 g/mol. The number of hydrogen-bond acceptors (Lipinski definition) is 4. The van der Waals surface area contributed by atoms with Gasteiger partial charge in [-0.3, -0.25) is 14.9 Å². The number of nitrogens with zero attached hydrogens (tertiary/aromatic N) is 1. The fraction of sp³-hybridized carbons (Fsp3) is 0.278. The van der Waals surface area contributed by atoms with Crippen molar-refractivity contribution in [1.82, 2.24) is 4.98 Å². The lowest BCUT2D eigenvalue weighted by atomic mass is 10.0. The molecule has 0 spiro atoms. The molecule has 4 nitrogen and oxygen atoms in total. The molecule has 2 aliphatic carbocycles. The Kier molecular flexibility index (Phi) is 3.58. The maximum absolute atomic E-state index is 12.5. The first-order chi connectivity index (χ1) is 11.2. The summed E-state index contributed by atoms with van der Waals surface area (Å²) in [6, 6.07) is 7.71. The number of amides is 1. The first kappa shape index (κ1) is 14.3. The van der Waals surface area contributed by atoms with Crippen LogP contribution in [0.4, 0.5) is 5.13 Å². The van der Waals surface area contributed by atoms with Gasteiger partial charge in [0.25, 0.3) is 11.7 Å². The number of thiazole rings is 1. The Morgan fingerprint density at radius 3 is 2.83 bits per heavy atom. The van der Waals surface area contributed by atoms with Gasteiger partial charge in [0.05, 0.1) is 5.69 Å². The normalized spacial score (nSPS) is 15.6. The molecule has 1 amide bonds. The maximum atomic E-state index is 12.5. The van der Waals surface area contributed by atoms with Crippen LogP contribution in [0.3, 0.4) is 0 Å². The lowest BCUT2D eigenvalue weighted by molar-refractivity contribution is -0.131. The molecule has 2 aromatic rings. The number of benzene rings is 1. The summed E-state index contributed by atoms with van der Waals surface area (Å²) in [5, 5.41) is 3.23. The molecule has 0 aliphatic heterocycles. The summed E-state index contributed by atoms with van der Waals surface area (Å²) in [6.07, 6.45) is 6.84. The molecule has 0 radical (unpaired) electrons. The van der Waals surface area contributed by atoms with Crippen molar-refractivity contribution in [2.75, 3.05) is 5.32 Å². The Bertz CT molecular complexity index is 812. The highest BCUT2D eigenvalue weighted by Crippen LogP contribution is 2.31. The predicted octanol–water partition coefficient (Wildman–Crippen LogP) is 3.17. The van der Waals surface area contributed by atoms with Crippen molar-refractivity contribution in [3.05, 3.63) is 52.0 Å². The molecule has 2 aliphatic rings. The first-order valence-electron chi connectivity index (χ1n) is 7.85. The van der Waals surface area contributed by atoms with Crippen LogP contribution in [0.1, 0.15) is 34.5 Å². The van der Waals surface area contributed by atoms with Crippen LogP contribution in [0.15, 0.2) is 30.3 Å². The van der Waals surface area contributed by atoms with E-state index in [4.69, 9.17) is 0 Å². The highest BCUT2D eigenvalue weighted by atomic mass is 32.1. The summed E-state index contributed by atoms with van der Waals surface area (Å²) in [7, 11) is 0. The number of nitrogens with one attached hydrogen (secondary N) is 1. The second-order valence-electron chi connectivity index (χ2n) is 5.86. The van der Waals surface area contributed by atoms with E-state index in [-0.39, 0.29) is 0 Å². The Morgan fingerprint density at radius 2 is 1.96 bits per heavy atom. The minimum Gasteiger partial charge on any atom is -0.295 e. The van der Waals surface area contributed by atoms with E-state index < -0.39 is 11.7 Å². The predicted molar refractivity (Wildman–Crippen MR) is 90.5 cm³/mol. The van der Waals surface area contributed by atoms with E-state index in [1.807, 2.05) is 30.3 Å². The number of rotatable bonds is 3. The molecule has 1 aromatic carbocycles. The summed E-state index contributed by atoms with van der Waals surface area (Å²) in [4.78, 5) is 30.4. The Morgan fingerprint density at radius 1 is 1.13 bits per heavy atom. The van der Waals surface area contributed by atoms with Crippen molar-refractivity contribution in [2.45, 2.75) is 32.1 Å². The molecule has 1 N–H and O–H groups in total. The molecule has 0 fully saturated rings. The molecule has 0 saturated carbocycles. The lowest BCUT2D eigenvalue weighted by Gasteiger charge is -2.06. The van der Waals surface area contributed by atoms with Crippen LogP contribution in [0.5, 0.6) is 0 Å². The van der Waals surface area contributed by atoms with Gasteiger partial charge in [-0.25, -0.2) is 4.98 Å². The van der Waals surface area contributed by atoms with E-state index in [1.165, 1.54) is 22.6 Å². The van der Waals surface area contributed by atoms with E-state index >= 15 is 0 Å². The highest BCUT2D eigenvalue weighted by Gasteiger charge is 2.26. The smallest absolute Gasteiger partial charge is 0.295 e. The Labute approximate surface area is 138 Å². The molecular weight excluding hydrogens is 308 g/mol. The summed E-state index contributed by atoms with van der Waals surface area (Å²) >= 11 is 1.49. The van der Waals surface area contributed by atoms with Crippen LogP contribution in [0.2, 0.25) is 0 Å². The number of Topliss-reactive ketones (excluding diaryl/α,β-unsaturated/α-hetero) is 1. The Balaban J connectivity index is 1.51. The standard InChI is InChI=1S/C18H16N2O2S/c21-16(13-10-9-11-5-1-2-6-12(11)13)17(22)20-18-19-14-7-3-4-8-15(14)23-18/h1-2,5-6,10H,3-4,7-9H2,(H,19,20,22). The van der Waals surface area contributed by atoms with Crippen LogP contribution in [0, 0.1) is 0 Å². The van der Waals surface area contributed by atoms with Gasteiger partial charge < -0.3 is 0 Å². The van der Waals surface area contributed by atoms with Crippen LogP contribution in [0.25, 0.3) is 5.57 Å². The van der Waals surface area contributed by atoms with Crippen molar-refractivity contribution in [3.63, 3.8) is 0 Å². The van der Waals surface area contributed by atoms with Crippen LogP contribution < -0.4 is 5.32 Å². The number of fused-ring (bicyclic) bond motifs is 2. The third-order valence-corrected chi connectivity index (χ3v) is 5.42. The molecule has 5 heteroatoms. The topological polar surface area (TPSA) is 59.1 Å². The minimum atomic E-state index is -0.598. The van der Waals surface area contributed by atoms with Gasteiger partial charge in [0.15, 0.2) is 5.13 Å². The lowest BCUT2D eigenvalue weighted by Crippen LogP contribution is -2.23. The number of hydrogen-bond donors (Lipinski definition) is 1. The quantitative estimate of drug-likeness (QED) is 0.882. The molecule has 1 aromatic heterocycles. The largest absolute Gasteiger partial charge is 0.298 e. The van der Waals surface area contributed by atoms with Crippen molar-refractivity contribution in [1.29, 1.82) is 0 Å². The van der Waals surface area contributed by atoms with Crippen molar-refractivity contribution >= 4 is 33.7 Å². The van der Waals surface area contributed by atoms with Crippen molar-refractivity contribution in [2.24, 2.45) is 0 Å². The van der Waals surface area contributed by atoms with Gasteiger partial charge in [0.2, 0.25) is 0 Å². The second kappa shape index (κ2) is 5.74. The maximum Gasteiger partial charge on any atom is 0.298 e. The van der Waals surface area contributed by atoms with Gasteiger partial charge in [-0.15, -0.1) is 11.3 Å². The van der Waals surface area contributed by atoms with E-state index in [0.29, 0.717) is 17.1 Å². The van der Waals surface area contributed by atoms with E-state index in [2.05, 4.69) is 10.3 Å². The summed E-state index contributed by atoms with van der Waals surface area (Å²) in [5.41, 5.74) is 3.54. The van der Waals surface area contributed by atoms with Crippen molar-refractivity contribution in [3.8, 4) is 0 Å². The molecule has 0 bridgehead atoms. The average Bonchev–Trinajstić information content (AvgIpc) is 3.17. The summed E-state index contributed by atoms with van der Waals surface area (Å²) in [5.74, 6) is -1.08.